The lowest BCUT2D eigenvalue weighted by atomic mass is 9.88. The van der Waals surface area contributed by atoms with Crippen LogP contribution < -0.4 is 15.4 Å². The van der Waals surface area contributed by atoms with Crippen molar-refractivity contribution in [3.05, 3.63) is 53.0 Å². The largest absolute Gasteiger partial charge is 0.468 e. The van der Waals surface area contributed by atoms with Crippen molar-refractivity contribution in [2.45, 2.75) is 63.9 Å². The minimum atomic E-state index is -0.572. The molecule has 0 saturated heterocycles. The monoisotopic (exact) mass is 502 g/mol. The van der Waals surface area contributed by atoms with Crippen LogP contribution in [0.25, 0.3) is 11.0 Å². The Morgan fingerprint density at radius 2 is 2.00 bits per heavy atom. The van der Waals surface area contributed by atoms with Crippen LogP contribution >= 0.6 is 12.4 Å². The number of hydrogen-bond acceptors (Lipinski definition) is 9. The van der Waals surface area contributed by atoms with Gasteiger partial charge in [-0.05, 0) is 38.3 Å². The van der Waals surface area contributed by atoms with Crippen molar-refractivity contribution < 1.29 is 19.0 Å². The Hall–Kier alpha value is -2.79. The van der Waals surface area contributed by atoms with Crippen LogP contribution in [0.4, 0.5) is 4.39 Å². The molecule has 3 N–H and O–H groups in total. The van der Waals surface area contributed by atoms with Crippen LogP contribution in [0.2, 0.25) is 0 Å². The number of nitrogens with zero attached hydrogens (tertiary/aromatic N) is 4. The number of aliphatic hydroxyl groups is 1. The van der Waals surface area contributed by atoms with Crippen molar-refractivity contribution in [1.82, 2.24) is 30.6 Å². The minimum absolute atomic E-state index is 0. The van der Waals surface area contributed by atoms with Crippen LogP contribution in [0.15, 0.2) is 24.5 Å². The molecule has 0 spiro atoms. The Balaban J connectivity index is 0.00000289. The summed E-state index contributed by atoms with van der Waals surface area (Å²) in [7, 11) is 0. The summed E-state index contributed by atoms with van der Waals surface area (Å²) < 4.78 is 19.8. The molecule has 2 aliphatic rings. The maximum Gasteiger partial charge on any atom is 0.236 e. The number of aliphatic hydroxyl groups excluding tert-OH is 1. The van der Waals surface area contributed by atoms with Gasteiger partial charge >= 0.3 is 0 Å². The zero-order valence-corrected chi connectivity index (χ0v) is 20.1. The van der Waals surface area contributed by atoms with E-state index in [0.29, 0.717) is 41.1 Å². The van der Waals surface area contributed by atoms with Gasteiger partial charge in [0.05, 0.1) is 41.1 Å². The summed E-state index contributed by atoms with van der Waals surface area (Å²) in [5.74, 6) is 0.0866. The number of nitrogens with one attached hydrogen (secondary N) is 2. The Labute approximate surface area is 208 Å². The number of hydrogen-bond donors (Lipinski definition) is 3. The fraction of sp³-hybridized carbons (Fsp3) is 0.458. The van der Waals surface area contributed by atoms with Gasteiger partial charge in [-0.2, -0.15) is 0 Å². The molecule has 11 heteroatoms. The van der Waals surface area contributed by atoms with Gasteiger partial charge in [-0.3, -0.25) is 9.78 Å². The lowest BCUT2D eigenvalue weighted by molar-refractivity contribution is -0.121. The average Bonchev–Trinajstić information content (AvgIpc) is 2.82. The molecule has 186 valence electrons. The highest BCUT2D eigenvalue weighted by Crippen LogP contribution is 2.23. The number of aryl methyl sites for hydroxylation is 1. The molecule has 0 amide bonds. The Kier molecular flexibility index (Phi) is 7.85. The normalized spacial score (nSPS) is 21.8. The molecule has 3 heterocycles. The quantitative estimate of drug-likeness (QED) is 0.464. The first kappa shape index (κ1) is 25.3. The van der Waals surface area contributed by atoms with E-state index >= 15 is 0 Å². The van der Waals surface area contributed by atoms with Crippen LogP contribution in [-0.2, 0) is 24.3 Å². The number of ether oxygens (including phenoxy) is 1. The molecule has 35 heavy (non-hydrogen) atoms. The lowest BCUT2D eigenvalue weighted by Crippen LogP contribution is -2.48. The van der Waals surface area contributed by atoms with Gasteiger partial charge in [0.2, 0.25) is 5.88 Å². The zero-order valence-electron chi connectivity index (χ0n) is 19.3. The summed E-state index contributed by atoms with van der Waals surface area (Å²) in [4.78, 5) is 29.1. The number of carbonyl (C=O) groups excluding carboxylic acids is 1. The Morgan fingerprint density at radius 3 is 2.83 bits per heavy atom. The summed E-state index contributed by atoms with van der Waals surface area (Å²) in [6.07, 6.45) is 5.15. The summed E-state index contributed by atoms with van der Waals surface area (Å²) in [6, 6.07) is 3.01. The fourth-order valence-corrected chi connectivity index (χ4v) is 4.58. The predicted octanol–water partition coefficient (Wildman–Crippen LogP) is 1.95. The highest BCUT2D eigenvalue weighted by atomic mass is 35.5. The number of aromatic nitrogens is 4. The van der Waals surface area contributed by atoms with E-state index in [1.807, 2.05) is 6.92 Å². The molecule has 1 aliphatic heterocycles. The van der Waals surface area contributed by atoms with E-state index in [9.17, 15) is 14.3 Å². The maximum atomic E-state index is 14.5. The third kappa shape index (κ3) is 5.72. The van der Waals surface area contributed by atoms with Crippen LogP contribution in [0, 0.1) is 12.7 Å². The van der Waals surface area contributed by atoms with E-state index in [2.05, 4.69) is 30.6 Å². The van der Waals surface area contributed by atoms with Gasteiger partial charge < -0.3 is 20.5 Å². The number of Topliss-reactive ketones (excluding diaryl/α,β-unsaturated/α-hetero) is 1. The summed E-state index contributed by atoms with van der Waals surface area (Å²) in [5.41, 5.74) is 3.70. The van der Waals surface area contributed by atoms with Gasteiger partial charge in [0.1, 0.15) is 18.1 Å². The van der Waals surface area contributed by atoms with Crippen molar-refractivity contribution in [1.29, 1.82) is 0 Å². The van der Waals surface area contributed by atoms with Crippen molar-refractivity contribution in [2.24, 2.45) is 0 Å². The second-order valence-electron chi connectivity index (χ2n) is 8.97. The predicted molar refractivity (Wildman–Crippen MR) is 129 cm³/mol. The standard InChI is InChI=1S/C24H27FN6O3.ClH/c1-13-8-27-20-5-3-18(25)17(23(20)30-13)11-28-19-4-2-14(6-22(19)33)26-9-15-10-29-24-21(31-15)7-16(32)12-34-24;/h3,5,8,10,14,19,22,26,28,33H,2,4,6-7,9,11-12H2,1H3;1H/t14-,19-,22+;/m0./s1. The lowest BCUT2D eigenvalue weighted by Gasteiger charge is -2.34. The van der Waals surface area contributed by atoms with Crippen LogP contribution in [0.3, 0.4) is 0 Å². The highest BCUT2D eigenvalue weighted by Gasteiger charge is 2.29. The second-order valence-corrected chi connectivity index (χ2v) is 8.97. The summed E-state index contributed by atoms with van der Waals surface area (Å²) in [5, 5.41) is 17.5. The van der Waals surface area contributed by atoms with E-state index in [-0.39, 0.29) is 55.7 Å². The van der Waals surface area contributed by atoms with Gasteiger partial charge in [-0.25, -0.2) is 19.3 Å². The molecule has 5 rings (SSSR count). The first-order valence-corrected chi connectivity index (χ1v) is 11.5. The fourth-order valence-electron chi connectivity index (χ4n) is 4.58. The molecule has 9 nitrogen and oxygen atoms in total. The molecule has 1 aromatic carbocycles. The average molecular weight is 503 g/mol. The van der Waals surface area contributed by atoms with Crippen molar-refractivity contribution in [3.8, 4) is 5.88 Å². The van der Waals surface area contributed by atoms with Crippen molar-refractivity contribution in [2.75, 3.05) is 6.61 Å². The third-order valence-electron chi connectivity index (χ3n) is 6.40. The minimum Gasteiger partial charge on any atom is -0.468 e. The van der Waals surface area contributed by atoms with E-state index in [1.165, 1.54) is 6.07 Å². The Morgan fingerprint density at radius 1 is 1.14 bits per heavy atom. The van der Waals surface area contributed by atoms with E-state index in [4.69, 9.17) is 4.74 Å². The van der Waals surface area contributed by atoms with Gasteiger partial charge in [0.15, 0.2) is 5.78 Å². The van der Waals surface area contributed by atoms with E-state index < -0.39 is 6.10 Å². The molecular weight excluding hydrogens is 475 g/mol. The number of fused-ring (bicyclic) bond motifs is 2. The molecule has 0 bridgehead atoms. The number of ketones is 1. The third-order valence-corrected chi connectivity index (χ3v) is 6.40. The molecule has 2 aromatic heterocycles. The van der Waals surface area contributed by atoms with Gasteiger partial charge in [-0.15, -0.1) is 12.4 Å². The highest BCUT2D eigenvalue weighted by molar-refractivity contribution is 5.85. The van der Waals surface area contributed by atoms with Crippen LogP contribution in [0.5, 0.6) is 5.88 Å². The molecule has 0 unspecified atom stereocenters. The van der Waals surface area contributed by atoms with E-state index in [1.54, 1.807) is 18.5 Å². The van der Waals surface area contributed by atoms with Crippen molar-refractivity contribution >= 4 is 29.2 Å². The summed E-state index contributed by atoms with van der Waals surface area (Å²) in [6.45, 7) is 2.64. The molecule has 1 saturated carbocycles. The first-order valence-electron chi connectivity index (χ1n) is 11.5. The molecule has 1 fully saturated rings. The molecular formula is C24H28ClFN6O3. The summed E-state index contributed by atoms with van der Waals surface area (Å²) >= 11 is 0. The van der Waals surface area contributed by atoms with Gasteiger partial charge in [0, 0.05) is 36.9 Å². The van der Waals surface area contributed by atoms with E-state index in [0.717, 1.165) is 24.2 Å². The van der Waals surface area contributed by atoms with Crippen LogP contribution in [-0.4, -0.2) is 55.6 Å². The number of rotatable bonds is 6. The zero-order chi connectivity index (χ0) is 23.7. The van der Waals surface area contributed by atoms with Gasteiger partial charge in [0.25, 0.3) is 0 Å². The number of benzene rings is 1. The van der Waals surface area contributed by atoms with Gasteiger partial charge in [-0.1, -0.05) is 0 Å². The van der Waals surface area contributed by atoms with Crippen molar-refractivity contribution in [3.63, 3.8) is 0 Å². The first-order chi connectivity index (χ1) is 16.5. The Bertz CT molecular complexity index is 1220. The second kappa shape index (κ2) is 10.9. The molecule has 3 aromatic rings. The molecule has 0 radical (unpaired) electrons. The number of halogens is 2. The molecule has 1 aliphatic carbocycles. The smallest absolute Gasteiger partial charge is 0.236 e. The number of carbonyl (C=O) groups is 1. The topological polar surface area (TPSA) is 122 Å². The molecule has 3 atom stereocenters. The maximum absolute atomic E-state index is 14.5. The SMILES string of the molecule is Cc1cnc2ccc(F)c(CN[C@H]3CC[C@H](NCc4cnc5c(n4)CC(=O)CO5)C[C@H]3O)c2n1.Cl. The van der Waals surface area contributed by atoms with Crippen LogP contribution in [0.1, 0.15) is 41.9 Å².